The Balaban J connectivity index is 1.35. The molecule has 9 heteroatoms. The van der Waals surface area contributed by atoms with Crippen molar-refractivity contribution in [3.8, 4) is 0 Å². The van der Waals surface area contributed by atoms with Crippen molar-refractivity contribution >= 4 is 17.5 Å². The number of nitrogens with one attached hydrogen (secondary N) is 1. The molecule has 1 spiro atoms. The standard InChI is InChI=1S/C23H28N4O5/c1-16-3-4-18(15-17(16)2)24-22(30)19-5-6-21(29)27(25-19)10-7-20(28)26-11-8-23(9-12-26)31-13-14-32-23/h3-6,15H,7-14H2,1-2H3,(H,24,30). The fraction of sp³-hybridized carbons (Fsp3) is 0.478. The van der Waals surface area contributed by atoms with Crippen LogP contribution in [0.2, 0.25) is 0 Å². The number of anilines is 1. The van der Waals surface area contributed by atoms with Gasteiger partial charge in [0.05, 0.1) is 19.8 Å². The smallest absolute Gasteiger partial charge is 0.276 e. The molecule has 2 aliphatic heterocycles. The molecule has 1 N–H and O–H groups in total. The van der Waals surface area contributed by atoms with Crippen molar-refractivity contribution in [2.75, 3.05) is 31.6 Å². The van der Waals surface area contributed by atoms with Crippen molar-refractivity contribution in [2.24, 2.45) is 0 Å². The quantitative estimate of drug-likeness (QED) is 0.762. The molecule has 2 amide bonds. The van der Waals surface area contributed by atoms with Crippen LogP contribution in [-0.4, -0.2) is 58.6 Å². The van der Waals surface area contributed by atoms with Gasteiger partial charge in [-0.25, -0.2) is 4.68 Å². The summed E-state index contributed by atoms with van der Waals surface area (Å²) >= 11 is 0. The van der Waals surface area contributed by atoms with Crippen LogP contribution >= 0.6 is 0 Å². The lowest BCUT2D eigenvalue weighted by atomic mass is 10.0. The van der Waals surface area contributed by atoms with Crippen LogP contribution in [0.4, 0.5) is 5.69 Å². The van der Waals surface area contributed by atoms with Gasteiger partial charge in [-0.15, -0.1) is 0 Å². The van der Waals surface area contributed by atoms with Crippen molar-refractivity contribution in [1.82, 2.24) is 14.7 Å². The molecule has 170 valence electrons. The lowest BCUT2D eigenvalue weighted by molar-refractivity contribution is -0.187. The highest BCUT2D eigenvalue weighted by Crippen LogP contribution is 2.31. The molecular formula is C23H28N4O5. The minimum absolute atomic E-state index is 0.0588. The molecule has 2 aromatic rings. The molecule has 1 aromatic heterocycles. The lowest BCUT2D eigenvalue weighted by Crippen LogP contribution is -2.47. The van der Waals surface area contributed by atoms with E-state index in [1.165, 1.54) is 16.8 Å². The third-order valence-corrected chi connectivity index (χ3v) is 6.09. The molecule has 2 aliphatic rings. The van der Waals surface area contributed by atoms with Gasteiger partial charge in [0.25, 0.3) is 11.5 Å². The predicted octanol–water partition coefficient (Wildman–Crippen LogP) is 1.87. The highest BCUT2D eigenvalue weighted by Gasteiger charge is 2.40. The zero-order chi connectivity index (χ0) is 22.7. The molecule has 0 bridgehead atoms. The SMILES string of the molecule is Cc1ccc(NC(=O)c2ccc(=O)n(CCC(=O)N3CCC4(CC3)OCCO4)n2)cc1C. The van der Waals surface area contributed by atoms with Gasteiger partial charge in [0, 0.05) is 44.1 Å². The largest absolute Gasteiger partial charge is 0.347 e. The number of amides is 2. The molecule has 32 heavy (non-hydrogen) atoms. The molecular weight excluding hydrogens is 412 g/mol. The fourth-order valence-corrected chi connectivity index (χ4v) is 3.99. The summed E-state index contributed by atoms with van der Waals surface area (Å²) in [6.07, 6.45) is 1.42. The highest BCUT2D eigenvalue weighted by molar-refractivity contribution is 6.02. The Bertz CT molecular complexity index is 1060. The maximum Gasteiger partial charge on any atom is 0.276 e. The van der Waals surface area contributed by atoms with Crippen LogP contribution < -0.4 is 10.9 Å². The number of benzene rings is 1. The molecule has 0 aliphatic carbocycles. The number of aryl methyl sites for hydroxylation is 3. The van der Waals surface area contributed by atoms with Gasteiger partial charge in [-0.2, -0.15) is 5.10 Å². The van der Waals surface area contributed by atoms with Crippen molar-refractivity contribution in [3.63, 3.8) is 0 Å². The molecule has 3 heterocycles. The van der Waals surface area contributed by atoms with Crippen LogP contribution in [0.5, 0.6) is 0 Å². The first kappa shape index (κ1) is 22.2. The summed E-state index contributed by atoms with van der Waals surface area (Å²) in [5, 5.41) is 6.96. The summed E-state index contributed by atoms with van der Waals surface area (Å²) in [7, 11) is 0. The Kier molecular flexibility index (Phi) is 6.38. The summed E-state index contributed by atoms with van der Waals surface area (Å²) in [4.78, 5) is 39.2. The number of hydrogen-bond acceptors (Lipinski definition) is 6. The Morgan fingerprint density at radius 3 is 2.47 bits per heavy atom. The molecule has 9 nitrogen and oxygen atoms in total. The normalized spacial score (nSPS) is 17.5. The van der Waals surface area contributed by atoms with E-state index in [1.807, 2.05) is 32.0 Å². The van der Waals surface area contributed by atoms with E-state index in [9.17, 15) is 14.4 Å². The third kappa shape index (κ3) is 4.89. The van der Waals surface area contributed by atoms with Gasteiger partial charge in [0.2, 0.25) is 5.91 Å². The topological polar surface area (TPSA) is 103 Å². The van der Waals surface area contributed by atoms with Gasteiger partial charge in [0.1, 0.15) is 5.69 Å². The first-order valence-corrected chi connectivity index (χ1v) is 10.9. The summed E-state index contributed by atoms with van der Waals surface area (Å²) in [5.41, 5.74) is 2.61. The summed E-state index contributed by atoms with van der Waals surface area (Å²) < 4.78 is 12.6. The molecule has 0 saturated carbocycles. The van der Waals surface area contributed by atoms with E-state index in [0.717, 1.165) is 11.1 Å². The number of carbonyl (C=O) groups excluding carboxylic acids is 2. The summed E-state index contributed by atoms with van der Waals surface area (Å²) in [6, 6.07) is 8.32. The second kappa shape index (κ2) is 9.22. The Morgan fingerprint density at radius 1 is 1.06 bits per heavy atom. The Hall–Kier alpha value is -3.04. The number of aromatic nitrogens is 2. The lowest BCUT2D eigenvalue weighted by Gasteiger charge is -2.37. The average molecular weight is 441 g/mol. The maximum atomic E-state index is 12.6. The highest BCUT2D eigenvalue weighted by atomic mass is 16.7. The zero-order valence-corrected chi connectivity index (χ0v) is 18.4. The Morgan fingerprint density at radius 2 is 1.78 bits per heavy atom. The minimum atomic E-state index is -0.535. The number of ether oxygens (including phenoxy) is 2. The van der Waals surface area contributed by atoms with Gasteiger partial charge >= 0.3 is 0 Å². The monoisotopic (exact) mass is 440 g/mol. The zero-order valence-electron chi connectivity index (χ0n) is 18.4. The molecule has 0 atom stereocenters. The fourth-order valence-electron chi connectivity index (χ4n) is 3.99. The van der Waals surface area contributed by atoms with E-state index in [4.69, 9.17) is 9.47 Å². The predicted molar refractivity (Wildman–Crippen MR) is 117 cm³/mol. The average Bonchev–Trinajstić information content (AvgIpc) is 3.23. The van der Waals surface area contributed by atoms with Crippen LogP contribution in [0.15, 0.2) is 35.1 Å². The Labute approximate surface area is 186 Å². The van der Waals surface area contributed by atoms with Crippen molar-refractivity contribution < 1.29 is 19.1 Å². The molecule has 1 aromatic carbocycles. The molecule has 0 unspecified atom stereocenters. The van der Waals surface area contributed by atoms with E-state index in [0.29, 0.717) is 44.8 Å². The first-order valence-electron chi connectivity index (χ1n) is 10.9. The number of piperidine rings is 1. The van der Waals surface area contributed by atoms with Gasteiger partial charge in [-0.3, -0.25) is 14.4 Å². The minimum Gasteiger partial charge on any atom is -0.347 e. The molecule has 2 fully saturated rings. The maximum absolute atomic E-state index is 12.6. The second-order valence-corrected chi connectivity index (χ2v) is 8.27. The van der Waals surface area contributed by atoms with E-state index in [1.54, 1.807) is 4.90 Å². The van der Waals surface area contributed by atoms with Crippen LogP contribution in [0.1, 0.15) is 40.9 Å². The van der Waals surface area contributed by atoms with Crippen molar-refractivity contribution in [1.29, 1.82) is 0 Å². The summed E-state index contributed by atoms with van der Waals surface area (Å²) in [6.45, 7) is 6.37. The first-order chi connectivity index (χ1) is 15.3. The van der Waals surface area contributed by atoms with Gasteiger partial charge < -0.3 is 19.7 Å². The van der Waals surface area contributed by atoms with Gasteiger partial charge in [-0.1, -0.05) is 6.07 Å². The third-order valence-electron chi connectivity index (χ3n) is 6.09. The van der Waals surface area contributed by atoms with Crippen LogP contribution in [0.3, 0.4) is 0 Å². The van der Waals surface area contributed by atoms with E-state index in [-0.39, 0.29) is 30.1 Å². The number of hydrogen-bond donors (Lipinski definition) is 1. The van der Waals surface area contributed by atoms with Crippen LogP contribution in [0.25, 0.3) is 0 Å². The van der Waals surface area contributed by atoms with E-state index >= 15 is 0 Å². The van der Waals surface area contributed by atoms with Gasteiger partial charge in [-0.05, 0) is 43.2 Å². The number of rotatable bonds is 5. The number of nitrogens with zero attached hydrogens (tertiary/aromatic N) is 3. The number of carbonyl (C=O) groups is 2. The van der Waals surface area contributed by atoms with Crippen molar-refractivity contribution in [2.45, 2.75) is 45.4 Å². The second-order valence-electron chi connectivity index (χ2n) is 8.27. The molecule has 2 saturated heterocycles. The van der Waals surface area contributed by atoms with E-state index in [2.05, 4.69) is 10.4 Å². The molecule has 0 radical (unpaired) electrons. The van der Waals surface area contributed by atoms with Crippen LogP contribution in [-0.2, 0) is 20.8 Å². The van der Waals surface area contributed by atoms with Crippen LogP contribution in [0, 0.1) is 13.8 Å². The molecule has 4 rings (SSSR count). The van der Waals surface area contributed by atoms with Gasteiger partial charge in [0.15, 0.2) is 5.79 Å². The van der Waals surface area contributed by atoms with E-state index < -0.39 is 11.7 Å². The number of likely N-dealkylation sites (tertiary alicyclic amines) is 1. The van der Waals surface area contributed by atoms with Crippen molar-refractivity contribution in [3.05, 3.63) is 57.5 Å². The summed E-state index contributed by atoms with van der Waals surface area (Å²) in [5.74, 6) is -1.00.